The van der Waals surface area contributed by atoms with Crippen molar-refractivity contribution in [2.45, 2.75) is 64.2 Å². The molecule has 0 saturated heterocycles. The van der Waals surface area contributed by atoms with Crippen LogP contribution in [0.25, 0.3) is 0 Å². The Balaban J connectivity index is 1.65. The fourth-order valence-electron chi connectivity index (χ4n) is 4.36. The second kappa shape index (κ2) is 7.11. The van der Waals surface area contributed by atoms with Gasteiger partial charge in [-0.3, -0.25) is 0 Å². The summed E-state index contributed by atoms with van der Waals surface area (Å²) in [5.41, 5.74) is 1.00. The minimum atomic E-state index is -0.382. The van der Waals surface area contributed by atoms with Crippen molar-refractivity contribution >= 4 is 0 Å². The Kier molecular flexibility index (Phi) is 5.13. The van der Waals surface area contributed by atoms with Crippen LogP contribution >= 0.6 is 0 Å². The molecule has 1 atom stereocenters. The van der Waals surface area contributed by atoms with Crippen LogP contribution in [0, 0.1) is 23.5 Å². The lowest BCUT2D eigenvalue weighted by molar-refractivity contribution is 0.210. The van der Waals surface area contributed by atoms with Crippen molar-refractivity contribution in [2.75, 3.05) is 0 Å². The Hall–Kier alpha value is -1.25. The molecule has 126 valence electrons. The lowest BCUT2D eigenvalue weighted by Crippen LogP contribution is -2.23. The zero-order valence-electron chi connectivity index (χ0n) is 13.8. The SMILES string of the molecule is CCc1cc(F)c([C@H]2CC[C@H](C3CC=C(F)CC3)CC2)c(F)c1. The fraction of sp³-hybridized carbons (Fsp3) is 0.600. The normalized spacial score (nSPS) is 28.5. The van der Waals surface area contributed by atoms with E-state index in [9.17, 15) is 13.2 Å². The number of allylic oxidation sites excluding steroid dienone is 2. The zero-order valence-corrected chi connectivity index (χ0v) is 13.8. The number of benzene rings is 1. The van der Waals surface area contributed by atoms with E-state index in [4.69, 9.17) is 0 Å². The molecule has 0 bridgehead atoms. The monoisotopic (exact) mass is 322 g/mol. The molecule has 0 heterocycles. The third kappa shape index (κ3) is 3.64. The highest BCUT2D eigenvalue weighted by Gasteiger charge is 2.31. The number of aryl methyl sites for hydroxylation is 1. The first kappa shape index (κ1) is 16.6. The van der Waals surface area contributed by atoms with Crippen molar-refractivity contribution < 1.29 is 13.2 Å². The van der Waals surface area contributed by atoms with Gasteiger partial charge in [-0.2, -0.15) is 0 Å². The predicted molar refractivity (Wildman–Crippen MR) is 87.0 cm³/mol. The molecule has 1 aromatic rings. The molecule has 0 aliphatic heterocycles. The maximum Gasteiger partial charge on any atom is 0.129 e. The Morgan fingerprint density at radius 2 is 1.57 bits per heavy atom. The van der Waals surface area contributed by atoms with Crippen LogP contribution in [0.15, 0.2) is 24.0 Å². The smallest absolute Gasteiger partial charge is 0.129 e. The van der Waals surface area contributed by atoms with E-state index >= 15 is 0 Å². The van der Waals surface area contributed by atoms with Crippen LogP contribution in [0.2, 0.25) is 0 Å². The molecule has 0 amide bonds. The quantitative estimate of drug-likeness (QED) is 0.599. The van der Waals surface area contributed by atoms with Gasteiger partial charge >= 0.3 is 0 Å². The Labute approximate surface area is 136 Å². The average Bonchev–Trinajstić information content (AvgIpc) is 2.55. The van der Waals surface area contributed by atoms with Gasteiger partial charge in [-0.1, -0.05) is 13.0 Å². The highest BCUT2D eigenvalue weighted by atomic mass is 19.1. The van der Waals surface area contributed by atoms with Crippen molar-refractivity contribution in [3.05, 3.63) is 46.8 Å². The van der Waals surface area contributed by atoms with Gasteiger partial charge in [-0.05, 0) is 86.8 Å². The Morgan fingerprint density at radius 3 is 2.09 bits per heavy atom. The Morgan fingerprint density at radius 1 is 0.913 bits per heavy atom. The lowest BCUT2D eigenvalue weighted by Gasteiger charge is -2.35. The Bertz CT molecular complexity index is 560. The van der Waals surface area contributed by atoms with Gasteiger partial charge < -0.3 is 0 Å². The van der Waals surface area contributed by atoms with Crippen LogP contribution in [0.3, 0.4) is 0 Å². The number of hydrogen-bond acceptors (Lipinski definition) is 0. The summed E-state index contributed by atoms with van der Waals surface area (Å²) in [5, 5.41) is 0. The summed E-state index contributed by atoms with van der Waals surface area (Å²) in [7, 11) is 0. The molecule has 0 spiro atoms. The van der Waals surface area contributed by atoms with Gasteiger partial charge in [0, 0.05) is 5.56 Å². The van der Waals surface area contributed by atoms with Crippen LogP contribution in [0.4, 0.5) is 13.2 Å². The third-order valence-electron chi connectivity index (χ3n) is 5.79. The first-order valence-corrected chi connectivity index (χ1v) is 8.90. The molecule has 23 heavy (non-hydrogen) atoms. The maximum atomic E-state index is 14.3. The molecule has 2 aliphatic carbocycles. The van der Waals surface area contributed by atoms with E-state index in [-0.39, 0.29) is 28.9 Å². The van der Waals surface area contributed by atoms with Gasteiger partial charge in [-0.15, -0.1) is 0 Å². The second-order valence-corrected chi connectivity index (χ2v) is 7.12. The highest BCUT2D eigenvalue weighted by Crippen LogP contribution is 2.43. The molecule has 0 radical (unpaired) electrons. The summed E-state index contributed by atoms with van der Waals surface area (Å²) in [4.78, 5) is 0. The van der Waals surface area contributed by atoms with E-state index in [1.807, 2.05) is 6.92 Å². The van der Waals surface area contributed by atoms with Gasteiger partial charge in [0.1, 0.15) is 11.6 Å². The molecule has 0 aromatic heterocycles. The molecular formula is C20H25F3. The maximum absolute atomic E-state index is 14.3. The van der Waals surface area contributed by atoms with Crippen LogP contribution in [-0.2, 0) is 6.42 Å². The summed E-state index contributed by atoms with van der Waals surface area (Å²) < 4.78 is 41.7. The summed E-state index contributed by atoms with van der Waals surface area (Å²) >= 11 is 0. The van der Waals surface area contributed by atoms with E-state index in [2.05, 4.69) is 0 Å². The first-order valence-electron chi connectivity index (χ1n) is 8.90. The van der Waals surface area contributed by atoms with Gasteiger partial charge in [0.05, 0.1) is 5.83 Å². The standard InChI is InChI=1S/C20H25F3/c1-2-13-11-18(22)20(19(23)12-13)16-5-3-14(4-6-16)15-7-9-17(21)10-8-15/h9,11-12,14-16H,2-8,10H2,1H3/t14-,15?,16-. The molecule has 1 saturated carbocycles. The topological polar surface area (TPSA) is 0 Å². The zero-order chi connectivity index (χ0) is 16.4. The van der Waals surface area contributed by atoms with Gasteiger partial charge in [0.15, 0.2) is 0 Å². The van der Waals surface area contributed by atoms with Crippen molar-refractivity contribution in [2.24, 2.45) is 11.8 Å². The summed E-state index contributed by atoms with van der Waals surface area (Å²) in [6.45, 7) is 1.90. The third-order valence-corrected chi connectivity index (χ3v) is 5.79. The molecule has 3 rings (SSSR count). The largest absolute Gasteiger partial charge is 0.212 e. The summed E-state index contributed by atoms with van der Waals surface area (Å²) in [5.74, 6) is 0.383. The van der Waals surface area contributed by atoms with Crippen molar-refractivity contribution in [3.8, 4) is 0 Å². The van der Waals surface area contributed by atoms with Crippen LogP contribution in [0.1, 0.15) is 68.9 Å². The average molecular weight is 322 g/mol. The first-order chi connectivity index (χ1) is 11.1. The number of halogens is 3. The molecule has 1 fully saturated rings. The molecule has 1 unspecified atom stereocenters. The van der Waals surface area contributed by atoms with Crippen LogP contribution in [0.5, 0.6) is 0 Å². The van der Waals surface area contributed by atoms with Gasteiger partial charge in [0.25, 0.3) is 0 Å². The predicted octanol–water partition coefficient (Wildman–Crippen LogP) is 6.45. The molecular weight excluding hydrogens is 297 g/mol. The molecule has 2 aliphatic rings. The van der Waals surface area contributed by atoms with E-state index in [1.165, 1.54) is 12.1 Å². The highest BCUT2D eigenvalue weighted by molar-refractivity contribution is 5.29. The minimum Gasteiger partial charge on any atom is -0.212 e. The van der Waals surface area contributed by atoms with Crippen molar-refractivity contribution in [1.29, 1.82) is 0 Å². The van der Waals surface area contributed by atoms with E-state index in [0.29, 0.717) is 30.2 Å². The number of rotatable bonds is 3. The fourth-order valence-corrected chi connectivity index (χ4v) is 4.36. The minimum absolute atomic E-state index is 0.00646. The van der Waals surface area contributed by atoms with Crippen LogP contribution < -0.4 is 0 Å². The summed E-state index contributed by atoms with van der Waals surface area (Å²) in [6, 6.07) is 2.97. The van der Waals surface area contributed by atoms with Crippen LogP contribution in [-0.4, -0.2) is 0 Å². The van der Waals surface area contributed by atoms with E-state index < -0.39 is 0 Å². The molecule has 0 N–H and O–H groups in total. The molecule has 0 nitrogen and oxygen atoms in total. The van der Waals surface area contributed by atoms with Crippen molar-refractivity contribution in [1.82, 2.24) is 0 Å². The van der Waals surface area contributed by atoms with E-state index in [0.717, 1.165) is 38.5 Å². The summed E-state index contributed by atoms with van der Waals surface area (Å²) in [6.07, 6.45) is 8.36. The number of hydrogen-bond donors (Lipinski definition) is 0. The molecule has 1 aromatic carbocycles. The van der Waals surface area contributed by atoms with E-state index in [1.54, 1.807) is 6.08 Å². The van der Waals surface area contributed by atoms with Crippen molar-refractivity contribution in [3.63, 3.8) is 0 Å². The van der Waals surface area contributed by atoms with Gasteiger partial charge in [-0.25, -0.2) is 13.2 Å². The lowest BCUT2D eigenvalue weighted by atomic mass is 9.70. The molecule has 3 heteroatoms. The second-order valence-electron chi connectivity index (χ2n) is 7.12. The van der Waals surface area contributed by atoms with Gasteiger partial charge in [0.2, 0.25) is 0 Å².